The number of anilines is 2. The van der Waals surface area contributed by atoms with E-state index in [-0.39, 0.29) is 22.5 Å². The fourth-order valence-electron chi connectivity index (χ4n) is 1.05. The molecule has 0 bridgehead atoms. The third-order valence-corrected chi connectivity index (χ3v) is 2.48. The summed E-state index contributed by atoms with van der Waals surface area (Å²) in [5.41, 5.74) is 11.7. The smallest absolute Gasteiger partial charge is 0.301 e. The van der Waals surface area contributed by atoms with Crippen molar-refractivity contribution in [1.29, 1.82) is 0 Å². The summed E-state index contributed by atoms with van der Waals surface area (Å²) in [6, 6.07) is 0. The van der Waals surface area contributed by atoms with Gasteiger partial charge in [0.05, 0.1) is 5.69 Å². The second-order valence-corrected chi connectivity index (χ2v) is 3.93. The lowest BCUT2D eigenvalue weighted by Gasteiger charge is -2.07. The summed E-state index contributed by atoms with van der Waals surface area (Å²) < 4.78 is 0. The highest BCUT2D eigenvalue weighted by Gasteiger charge is 2.16. The first-order valence-corrected chi connectivity index (χ1v) is 5.96. The summed E-state index contributed by atoms with van der Waals surface area (Å²) in [7, 11) is 1.62. The van der Waals surface area contributed by atoms with Gasteiger partial charge in [-0.1, -0.05) is 11.8 Å². The lowest BCUT2D eigenvalue weighted by atomic mass is 10.3. The van der Waals surface area contributed by atoms with Crippen molar-refractivity contribution in [2.75, 3.05) is 24.4 Å². The van der Waals surface area contributed by atoms with E-state index in [0.29, 0.717) is 5.69 Å². The number of nitrogens with zero attached hydrogens (tertiary/aromatic N) is 3. The number of nitrogens with two attached hydrogens (primary N) is 2. The topological polar surface area (TPSA) is 119 Å². The van der Waals surface area contributed by atoms with Gasteiger partial charge in [0.2, 0.25) is 0 Å². The van der Waals surface area contributed by atoms with E-state index in [4.69, 9.17) is 11.5 Å². The highest BCUT2D eigenvalue weighted by atomic mass is 32.2. The zero-order valence-electron chi connectivity index (χ0n) is 9.81. The Morgan fingerprint density at radius 1 is 1.47 bits per heavy atom. The number of carbonyl (C=O) groups is 1. The first-order valence-electron chi connectivity index (χ1n) is 4.74. The minimum absolute atomic E-state index is 0.108. The Morgan fingerprint density at radius 2 is 2.12 bits per heavy atom. The molecule has 1 heterocycles. The van der Waals surface area contributed by atoms with Crippen molar-refractivity contribution in [3.05, 3.63) is 11.4 Å². The maximum Gasteiger partial charge on any atom is 0.301 e. The van der Waals surface area contributed by atoms with E-state index in [1.165, 1.54) is 11.8 Å². The molecule has 0 aliphatic rings. The minimum Gasteiger partial charge on any atom is -0.382 e. The zero-order valence-corrected chi connectivity index (χ0v) is 10.6. The Kier molecular flexibility index (Phi) is 4.27. The van der Waals surface area contributed by atoms with Crippen LogP contribution in [-0.2, 0) is 0 Å². The highest BCUT2D eigenvalue weighted by molar-refractivity contribution is 8.13. The Morgan fingerprint density at radius 3 is 2.65 bits per heavy atom. The van der Waals surface area contributed by atoms with Gasteiger partial charge in [0.15, 0.2) is 16.7 Å². The van der Waals surface area contributed by atoms with E-state index in [0.717, 1.165) is 0 Å². The Balaban J connectivity index is 3.21. The van der Waals surface area contributed by atoms with Crippen LogP contribution in [-0.4, -0.2) is 34.3 Å². The van der Waals surface area contributed by atoms with Crippen molar-refractivity contribution in [1.82, 2.24) is 9.97 Å². The first-order chi connectivity index (χ1) is 7.99. The maximum absolute atomic E-state index is 11.8. The molecule has 17 heavy (non-hydrogen) atoms. The lowest BCUT2D eigenvalue weighted by molar-refractivity contribution is 0.0999. The molecule has 0 aromatic carbocycles. The van der Waals surface area contributed by atoms with Crippen LogP contribution in [0.2, 0.25) is 0 Å². The molecule has 7 nitrogen and oxygen atoms in total. The number of nitrogens with one attached hydrogen (secondary N) is 1. The highest BCUT2D eigenvalue weighted by Crippen LogP contribution is 2.15. The summed E-state index contributed by atoms with van der Waals surface area (Å²) in [5, 5.41) is 2.92. The summed E-state index contributed by atoms with van der Waals surface area (Å²) in [6.45, 7) is 1.67. The molecule has 0 saturated carbocycles. The van der Waals surface area contributed by atoms with Gasteiger partial charge in [-0.05, 0) is 13.2 Å². The van der Waals surface area contributed by atoms with Crippen molar-refractivity contribution in [3.63, 3.8) is 0 Å². The summed E-state index contributed by atoms with van der Waals surface area (Å²) >= 11 is 1.18. The van der Waals surface area contributed by atoms with Gasteiger partial charge in [-0.2, -0.15) is 4.99 Å². The second kappa shape index (κ2) is 5.48. The molecule has 5 N–H and O–H groups in total. The Hall–Kier alpha value is -1.83. The number of carbonyl (C=O) groups excluding carboxylic acids is 1. The number of aryl methyl sites for hydroxylation is 1. The van der Waals surface area contributed by atoms with Crippen LogP contribution in [0.1, 0.15) is 16.2 Å². The number of aromatic nitrogens is 2. The predicted molar refractivity (Wildman–Crippen MR) is 70.2 cm³/mol. The fraction of sp³-hybridized carbons (Fsp3) is 0.333. The number of aliphatic imine (C=N–C) groups is 1. The molecule has 92 valence electrons. The lowest BCUT2D eigenvalue weighted by Crippen LogP contribution is -2.14. The molecule has 1 rings (SSSR count). The average molecular weight is 254 g/mol. The standard InChI is InChI=1S/C9H14N6OS/c1-4-6(10)14-7(12-2)5(13-4)8(16)15-9(11)17-3/h1-3H3,(H3,10,12,14)(H2,11,15,16). The summed E-state index contributed by atoms with van der Waals surface area (Å²) in [5.74, 6) is 0.0141. The second-order valence-electron chi connectivity index (χ2n) is 3.10. The number of rotatable bonds is 2. The van der Waals surface area contributed by atoms with Crippen LogP contribution >= 0.6 is 11.8 Å². The molecule has 0 atom stereocenters. The number of amides is 1. The van der Waals surface area contributed by atoms with Crippen LogP contribution in [0.15, 0.2) is 4.99 Å². The molecule has 0 saturated heterocycles. The maximum atomic E-state index is 11.8. The third kappa shape index (κ3) is 3.06. The van der Waals surface area contributed by atoms with Crippen LogP contribution in [0.5, 0.6) is 0 Å². The van der Waals surface area contributed by atoms with Crippen LogP contribution in [0, 0.1) is 6.92 Å². The van der Waals surface area contributed by atoms with E-state index in [2.05, 4.69) is 20.3 Å². The molecule has 1 aromatic rings. The van der Waals surface area contributed by atoms with Crippen molar-refractivity contribution in [3.8, 4) is 0 Å². The predicted octanol–water partition coefficient (Wildman–Crippen LogP) is 0.227. The minimum atomic E-state index is -0.545. The molecular weight excluding hydrogens is 240 g/mol. The van der Waals surface area contributed by atoms with Crippen molar-refractivity contribution < 1.29 is 4.79 Å². The van der Waals surface area contributed by atoms with Crippen LogP contribution < -0.4 is 16.8 Å². The largest absolute Gasteiger partial charge is 0.382 e. The van der Waals surface area contributed by atoms with Crippen molar-refractivity contribution >= 4 is 34.5 Å². The van der Waals surface area contributed by atoms with Crippen LogP contribution in [0.3, 0.4) is 0 Å². The summed E-state index contributed by atoms with van der Waals surface area (Å²) in [4.78, 5) is 23.5. The number of hydrogen-bond acceptors (Lipinski definition) is 6. The first kappa shape index (κ1) is 13.2. The molecule has 0 aliphatic heterocycles. The Bertz CT molecular complexity index is 473. The van der Waals surface area contributed by atoms with Gasteiger partial charge in [-0.25, -0.2) is 9.97 Å². The normalized spacial score (nSPS) is 11.4. The van der Waals surface area contributed by atoms with Gasteiger partial charge in [0.25, 0.3) is 0 Å². The Labute approximate surface area is 103 Å². The zero-order chi connectivity index (χ0) is 13.0. The monoisotopic (exact) mass is 254 g/mol. The third-order valence-electron chi connectivity index (χ3n) is 1.97. The number of nitrogen functional groups attached to an aromatic ring is 1. The van der Waals surface area contributed by atoms with Crippen LogP contribution in [0.4, 0.5) is 11.6 Å². The number of amidine groups is 1. The van der Waals surface area contributed by atoms with Gasteiger partial charge in [0.1, 0.15) is 5.82 Å². The molecule has 0 radical (unpaired) electrons. The van der Waals surface area contributed by atoms with Gasteiger partial charge < -0.3 is 16.8 Å². The summed E-state index contributed by atoms with van der Waals surface area (Å²) in [6.07, 6.45) is 1.73. The van der Waals surface area contributed by atoms with E-state index in [1.54, 1.807) is 20.2 Å². The molecule has 0 aliphatic carbocycles. The van der Waals surface area contributed by atoms with E-state index in [1.807, 2.05) is 0 Å². The molecule has 1 amide bonds. The number of thioether (sulfide) groups is 1. The van der Waals surface area contributed by atoms with E-state index >= 15 is 0 Å². The van der Waals surface area contributed by atoms with Gasteiger partial charge in [-0.3, -0.25) is 4.79 Å². The van der Waals surface area contributed by atoms with Gasteiger partial charge in [0, 0.05) is 7.05 Å². The van der Waals surface area contributed by atoms with Gasteiger partial charge in [-0.15, -0.1) is 0 Å². The van der Waals surface area contributed by atoms with Crippen molar-refractivity contribution in [2.45, 2.75) is 6.92 Å². The van der Waals surface area contributed by atoms with E-state index in [9.17, 15) is 4.79 Å². The molecule has 8 heteroatoms. The molecule has 1 aromatic heterocycles. The molecule has 0 unspecified atom stereocenters. The van der Waals surface area contributed by atoms with Crippen LogP contribution in [0.25, 0.3) is 0 Å². The SMILES string of the molecule is CNc1nc(N)c(C)nc1C(=O)N=C(N)SC. The van der Waals surface area contributed by atoms with Crippen molar-refractivity contribution in [2.24, 2.45) is 10.7 Å². The fourth-order valence-corrected chi connectivity index (χ4v) is 1.23. The quantitative estimate of drug-likeness (QED) is 0.510. The van der Waals surface area contributed by atoms with E-state index < -0.39 is 5.91 Å². The van der Waals surface area contributed by atoms with Gasteiger partial charge >= 0.3 is 5.91 Å². The molecular formula is C9H14N6OS. The molecule has 0 fully saturated rings. The molecule has 0 spiro atoms. The number of hydrogen-bond donors (Lipinski definition) is 3. The average Bonchev–Trinajstić information content (AvgIpc) is 2.31.